The maximum Gasteiger partial charge on any atom is 0.352 e. The van der Waals surface area contributed by atoms with Gasteiger partial charge in [-0.05, 0) is 44.4 Å². The summed E-state index contributed by atoms with van der Waals surface area (Å²) in [6, 6.07) is 4.41. The molecule has 1 fully saturated rings. The molecule has 1 aromatic heterocycles. The molecule has 34 heavy (non-hydrogen) atoms. The van der Waals surface area contributed by atoms with Gasteiger partial charge in [0.2, 0.25) is 0 Å². The van der Waals surface area contributed by atoms with Gasteiger partial charge >= 0.3 is 5.69 Å². The standard InChI is InChI=1S/C24H34N4O6/c1-16-8-9-18(28-23(32)27(21(30)13-25-28)14-19(29)15-34-3)12-20(16)22(31)26-17(2)24(33)10-6-4-5-7-11-24/h8-9,12-13,17,19,29,33H,4-7,10-11,14-15H2,1-3H3,(H,26,31). The summed E-state index contributed by atoms with van der Waals surface area (Å²) in [5, 5.41) is 27.9. The number of rotatable bonds is 8. The minimum absolute atomic E-state index is 0.0341. The number of benzene rings is 1. The predicted molar refractivity (Wildman–Crippen MR) is 126 cm³/mol. The molecular formula is C24H34N4O6. The van der Waals surface area contributed by atoms with Crippen LogP contribution in [0, 0.1) is 6.92 Å². The number of nitrogens with zero attached hydrogens (tertiary/aromatic N) is 3. The molecule has 0 bridgehead atoms. The van der Waals surface area contributed by atoms with Crippen LogP contribution in [-0.2, 0) is 11.3 Å². The second-order valence-corrected chi connectivity index (χ2v) is 9.11. The van der Waals surface area contributed by atoms with E-state index in [2.05, 4.69) is 10.4 Å². The van der Waals surface area contributed by atoms with Crippen LogP contribution in [0.1, 0.15) is 61.4 Å². The average Bonchev–Trinajstić information content (AvgIpc) is 3.03. The first kappa shape index (κ1) is 25.8. The van der Waals surface area contributed by atoms with Crippen LogP contribution in [-0.4, -0.2) is 61.9 Å². The van der Waals surface area contributed by atoms with Crippen LogP contribution in [0.2, 0.25) is 0 Å². The number of amides is 1. The third kappa shape index (κ3) is 5.81. The fourth-order valence-corrected chi connectivity index (χ4v) is 4.40. The Bertz CT molecular complexity index is 1120. The fourth-order valence-electron chi connectivity index (χ4n) is 4.40. The van der Waals surface area contributed by atoms with E-state index in [1.54, 1.807) is 19.1 Å². The Morgan fingerprint density at radius 1 is 1.24 bits per heavy atom. The molecule has 0 aliphatic heterocycles. The van der Waals surface area contributed by atoms with Crippen molar-refractivity contribution in [1.29, 1.82) is 0 Å². The third-order valence-corrected chi connectivity index (χ3v) is 6.55. The van der Waals surface area contributed by atoms with Crippen LogP contribution in [0.3, 0.4) is 0 Å². The zero-order chi connectivity index (χ0) is 24.9. The van der Waals surface area contributed by atoms with Crippen molar-refractivity contribution in [3.05, 3.63) is 56.4 Å². The molecular weight excluding hydrogens is 440 g/mol. The van der Waals surface area contributed by atoms with Gasteiger partial charge in [0.1, 0.15) is 6.20 Å². The van der Waals surface area contributed by atoms with E-state index >= 15 is 0 Å². The number of nitrogens with one attached hydrogen (secondary N) is 1. The van der Waals surface area contributed by atoms with E-state index < -0.39 is 29.0 Å². The maximum absolute atomic E-state index is 13.1. The lowest BCUT2D eigenvalue weighted by molar-refractivity contribution is -0.00573. The molecule has 0 radical (unpaired) electrons. The van der Waals surface area contributed by atoms with Crippen LogP contribution in [0.5, 0.6) is 0 Å². The molecule has 0 spiro atoms. The number of hydrogen-bond acceptors (Lipinski definition) is 7. The van der Waals surface area contributed by atoms with Crippen LogP contribution in [0.4, 0.5) is 0 Å². The van der Waals surface area contributed by atoms with Gasteiger partial charge < -0.3 is 20.3 Å². The number of aryl methyl sites for hydroxylation is 1. The highest BCUT2D eigenvalue weighted by Gasteiger charge is 2.35. The largest absolute Gasteiger partial charge is 0.389 e. The topological polar surface area (TPSA) is 136 Å². The van der Waals surface area contributed by atoms with Gasteiger partial charge in [0.25, 0.3) is 11.5 Å². The number of aliphatic hydroxyl groups is 2. The Balaban J connectivity index is 1.88. The van der Waals surface area contributed by atoms with E-state index in [1.165, 1.54) is 13.2 Å². The van der Waals surface area contributed by atoms with Crippen LogP contribution >= 0.6 is 0 Å². The summed E-state index contributed by atoms with van der Waals surface area (Å²) in [6.07, 6.45) is 5.24. The molecule has 0 saturated heterocycles. The lowest BCUT2D eigenvalue weighted by atomic mass is 9.87. The van der Waals surface area contributed by atoms with Crippen molar-refractivity contribution >= 4 is 5.91 Å². The van der Waals surface area contributed by atoms with Crippen molar-refractivity contribution in [3.63, 3.8) is 0 Å². The molecule has 186 valence electrons. The molecule has 2 unspecified atom stereocenters. The van der Waals surface area contributed by atoms with Crippen LogP contribution in [0.25, 0.3) is 5.69 Å². The highest BCUT2D eigenvalue weighted by molar-refractivity contribution is 5.96. The first-order valence-electron chi connectivity index (χ1n) is 11.7. The number of methoxy groups -OCH3 is 1. The molecule has 10 nitrogen and oxygen atoms in total. The van der Waals surface area contributed by atoms with Gasteiger partial charge in [0, 0.05) is 12.7 Å². The zero-order valence-corrected chi connectivity index (χ0v) is 20.0. The Labute approximate surface area is 198 Å². The molecule has 1 aliphatic rings. The van der Waals surface area contributed by atoms with Crippen molar-refractivity contribution in [2.24, 2.45) is 0 Å². The van der Waals surface area contributed by atoms with Gasteiger partial charge in [-0.15, -0.1) is 0 Å². The van der Waals surface area contributed by atoms with Gasteiger partial charge in [0.15, 0.2) is 0 Å². The average molecular weight is 475 g/mol. The Kier molecular flexibility index (Phi) is 8.40. The van der Waals surface area contributed by atoms with E-state index in [-0.39, 0.29) is 19.1 Å². The second-order valence-electron chi connectivity index (χ2n) is 9.11. The first-order chi connectivity index (χ1) is 16.2. The molecule has 1 heterocycles. The molecule has 2 aromatic rings. The highest BCUT2D eigenvalue weighted by Crippen LogP contribution is 2.30. The summed E-state index contributed by atoms with van der Waals surface area (Å²) in [5.74, 6) is -0.360. The summed E-state index contributed by atoms with van der Waals surface area (Å²) in [7, 11) is 1.41. The number of hydrogen-bond donors (Lipinski definition) is 3. The Morgan fingerprint density at radius 3 is 2.56 bits per heavy atom. The van der Waals surface area contributed by atoms with Gasteiger partial charge in [0.05, 0.1) is 36.6 Å². The molecule has 3 rings (SSSR count). The maximum atomic E-state index is 13.1. The second kappa shape index (κ2) is 11.1. The lowest BCUT2D eigenvalue weighted by Crippen LogP contribution is -2.50. The molecule has 1 aliphatic carbocycles. The van der Waals surface area contributed by atoms with E-state index in [1.807, 2.05) is 6.92 Å². The van der Waals surface area contributed by atoms with Gasteiger partial charge in [-0.2, -0.15) is 9.78 Å². The van der Waals surface area contributed by atoms with Gasteiger partial charge in [-0.1, -0.05) is 31.7 Å². The Hall–Kier alpha value is -2.82. The summed E-state index contributed by atoms with van der Waals surface area (Å²) >= 11 is 0. The summed E-state index contributed by atoms with van der Waals surface area (Å²) < 4.78 is 6.75. The van der Waals surface area contributed by atoms with Crippen molar-refractivity contribution in [2.75, 3.05) is 13.7 Å². The van der Waals surface area contributed by atoms with Crippen LogP contribution < -0.4 is 16.6 Å². The minimum atomic E-state index is -1.04. The van der Waals surface area contributed by atoms with Crippen molar-refractivity contribution in [1.82, 2.24) is 19.7 Å². The van der Waals surface area contributed by atoms with Gasteiger partial charge in [-0.25, -0.2) is 4.79 Å². The van der Waals surface area contributed by atoms with Crippen molar-refractivity contribution < 1.29 is 19.7 Å². The number of carbonyl (C=O) groups is 1. The number of ether oxygens (including phenoxy) is 1. The predicted octanol–water partition coefficient (Wildman–Crippen LogP) is 0.914. The van der Waals surface area contributed by atoms with Crippen LogP contribution in [0.15, 0.2) is 34.0 Å². The van der Waals surface area contributed by atoms with Crippen molar-refractivity contribution in [3.8, 4) is 5.69 Å². The highest BCUT2D eigenvalue weighted by atomic mass is 16.5. The normalized spacial score (nSPS) is 17.6. The molecule has 1 saturated carbocycles. The molecule has 1 aromatic carbocycles. The summed E-state index contributed by atoms with van der Waals surface area (Å²) in [6.45, 7) is 3.31. The van der Waals surface area contributed by atoms with Gasteiger partial charge in [-0.3, -0.25) is 14.2 Å². The number of aromatic nitrogens is 3. The number of carbonyl (C=O) groups excluding carboxylic acids is 1. The van der Waals surface area contributed by atoms with E-state index in [0.717, 1.165) is 41.1 Å². The third-order valence-electron chi connectivity index (χ3n) is 6.55. The molecule has 3 N–H and O–H groups in total. The zero-order valence-electron chi connectivity index (χ0n) is 20.0. The minimum Gasteiger partial charge on any atom is -0.389 e. The first-order valence-corrected chi connectivity index (χ1v) is 11.7. The van der Waals surface area contributed by atoms with E-state index in [0.29, 0.717) is 29.7 Å². The van der Waals surface area contributed by atoms with E-state index in [9.17, 15) is 24.6 Å². The molecule has 10 heteroatoms. The smallest absolute Gasteiger partial charge is 0.352 e. The quantitative estimate of drug-likeness (QED) is 0.484. The molecule has 1 amide bonds. The number of aliphatic hydroxyl groups excluding tert-OH is 1. The molecule has 2 atom stereocenters. The lowest BCUT2D eigenvalue weighted by Gasteiger charge is -2.34. The summed E-state index contributed by atoms with van der Waals surface area (Å²) in [5.41, 5.74) is -0.998. The monoisotopic (exact) mass is 474 g/mol. The SMILES string of the molecule is COCC(O)Cn1c(=O)cnn(-c2ccc(C)c(C(=O)NC(C)C3(O)CCCCCC3)c2)c1=O. The fraction of sp³-hybridized carbons (Fsp3) is 0.583. The van der Waals surface area contributed by atoms with Crippen molar-refractivity contribution in [2.45, 2.75) is 76.7 Å². The summed E-state index contributed by atoms with van der Waals surface area (Å²) in [4.78, 5) is 38.2. The van der Waals surface area contributed by atoms with E-state index in [4.69, 9.17) is 4.74 Å². The Morgan fingerprint density at radius 2 is 1.91 bits per heavy atom.